The number of ether oxygens (including phenoxy) is 1. The number of amides is 2. The molecule has 1 unspecified atom stereocenters. The maximum atomic E-state index is 12.4. The third-order valence-corrected chi connectivity index (χ3v) is 5.28. The number of benzene rings is 1. The average Bonchev–Trinajstić information content (AvgIpc) is 2.67. The highest BCUT2D eigenvalue weighted by Crippen LogP contribution is 2.22. The highest BCUT2D eigenvalue weighted by Gasteiger charge is 2.23. The second-order valence-electron chi connectivity index (χ2n) is 7.34. The predicted molar refractivity (Wildman–Crippen MR) is 98.5 cm³/mol. The van der Waals surface area contributed by atoms with Crippen LogP contribution in [0.15, 0.2) is 24.3 Å². The van der Waals surface area contributed by atoms with Crippen LogP contribution in [0.5, 0.6) is 0 Å². The number of nitrogens with one attached hydrogen (secondary N) is 1. The number of hydrogen-bond acceptors (Lipinski definition) is 3. The number of anilines is 1. The summed E-state index contributed by atoms with van der Waals surface area (Å²) in [5.74, 6) is 0.203. The maximum absolute atomic E-state index is 12.4. The van der Waals surface area contributed by atoms with Crippen molar-refractivity contribution in [3.8, 4) is 0 Å². The van der Waals surface area contributed by atoms with Crippen LogP contribution in [0.25, 0.3) is 0 Å². The van der Waals surface area contributed by atoms with E-state index in [4.69, 9.17) is 4.74 Å². The molecule has 138 valence electrons. The summed E-state index contributed by atoms with van der Waals surface area (Å²) in [4.78, 5) is 14.2. The molecule has 2 amide bonds. The highest BCUT2D eigenvalue weighted by atomic mass is 16.5. The number of aliphatic hydroxyl groups is 1. The quantitative estimate of drug-likeness (QED) is 0.853. The molecule has 0 bridgehead atoms. The minimum Gasteiger partial charge on any atom is -0.396 e. The first kappa shape index (κ1) is 18.2. The van der Waals surface area contributed by atoms with E-state index in [0.717, 1.165) is 43.5 Å². The number of nitrogens with zero attached hydrogens (tertiary/aromatic N) is 1. The van der Waals surface area contributed by atoms with E-state index in [-0.39, 0.29) is 18.6 Å². The first-order valence-corrected chi connectivity index (χ1v) is 9.62. The number of piperidine rings is 1. The van der Waals surface area contributed by atoms with Gasteiger partial charge in [0.15, 0.2) is 0 Å². The van der Waals surface area contributed by atoms with Gasteiger partial charge in [0.2, 0.25) is 0 Å². The molecule has 0 spiro atoms. The number of rotatable bonds is 5. The summed E-state index contributed by atoms with van der Waals surface area (Å²) in [7, 11) is 0. The monoisotopic (exact) mass is 346 g/mol. The molecule has 3 rings (SSSR count). The van der Waals surface area contributed by atoms with Crippen LogP contribution in [0.4, 0.5) is 10.5 Å². The van der Waals surface area contributed by atoms with Crippen LogP contribution in [-0.2, 0) is 11.3 Å². The third kappa shape index (κ3) is 5.44. The van der Waals surface area contributed by atoms with Crippen LogP contribution < -0.4 is 5.32 Å². The Morgan fingerprint density at radius 3 is 2.84 bits per heavy atom. The summed E-state index contributed by atoms with van der Waals surface area (Å²) in [6, 6.07) is 7.83. The van der Waals surface area contributed by atoms with Gasteiger partial charge in [-0.1, -0.05) is 31.4 Å². The van der Waals surface area contributed by atoms with E-state index in [9.17, 15) is 9.90 Å². The average molecular weight is 346 g/mol. The van der Waals surface area contributed by atoms with Crippen molar-refractivity contribution in [2.45, 2.75) is 57.7 Å². The lowest BCUT2D eigenvalue weighted by atomic mass is 9.98. The Balaban J connectivity index is 1.51. The molecule has 1 atom stereocenters. The Hall–Kier alpha value is -1.59. The van der Waals surface area contributed by atoms with Crippen LogP contribution in [0.3, 0.4) is 0 Å². The second kappa shape index (κ2) is 9.20. The molecule has 1 saturated heterocycles. The van der Waals surface area contributed by atoms with Crippen LogP contribution in [0.2, 0.25) is 0 Å². The van der Waals surface area contributed by atoms with Gasteiger partial charge in [-0.3, -0.25) is 0 Å². The van der Waals surface area contributed by atoms with Crippen molar-refractivity contribution in [3.05, 3.63) is 29.8 Å². The Bertz CT molecular complexity index is 558. The van der Waals surface area contributed by atoms with Gasteiger partial charge in [-0.05, 0) is 49.3 Å². The van der Waals surface area contributed by atoms with E-state index in [2.05, 4.69) is 5.32 Å². The van der Waals surface area contributed by atoms with Gasteiger partial charge < -0.3 is 20.1 Å². The molecular weight excluding hydrogens is 316 g/mol. The van der Waals surface area contributed by atoms with E-state index in [0.29, 0.717) is 19.3 Å². The molecular formula is C20H30N2O3. The summed E-state index contributed by atoms with van der Waals surface area (Å²) >= 11 is 0. The van der Waals surface area contributed by atoms with Gasteiger partial charge >= 0.3 is 6.03 Å². The third-order valence-electron chi connectivity index (χ3n) is 5.28. The number of likely N-dealkylation sites (tertiary alicyclic amines) is 1. The number of carbonyl (C=O) groups excluding carboxylic acids is 1. The molecule has 0 radical (unpaired) electrons. The fourth-order valence-electron chi connectivity index (χ4n) is 3.79. The van der Waals surface area contributed by atoms with Crippen LogP contribution in [0, 0.1) is 5.92 Å². The SMILES string of the molecule is O=C(Nc1cccc(COC2CCCCC2)c1)N1CCCC(CO)C1. The molecule has 5 heteroatoms. The molecule has 25 heavy (non-hydrogen) atoms. The van der Waals surface area contributed by atoms with Crippen LogP contribution in [-0.4, -0.2) is 41.8 Å². The zero-order valence-corrected chi connectivity index (χ0v) is 15.0. The van der Waals surface area contributed by atoms with Crippen molar-refractivity contribution in [1.82, 2.24) is 4.90 Å². The van der Waals surface area contributed by atoms with Gasteiger partial charge in [0.05, 0.1) is 12.7 Å². The summed E-state index contributed by atoms with van der Waals surface area (Å²) in [5, 5.41) is 12.3. The first-order valence-electron chi connectivity index (χ1n) is 9.62. The molecule has 2 N–H and O–H groups in total. The van der Waals surface area contributed by atoms with Crippen LogP contribution in [0.1, 0.15) is 50.5 Å². The van der Waals surface area contributed by atoms with Crippen molar-refractivity contribution < 1.29 is 14.6 Å². The van der Waals surface area contributed by atoms with Crippen molar-refractivity contribution >= 4 is 11.7 Å². The minimum absolute atomic E-state index is 0.0801. The largest absolute Gasteiger partial charge is 0.396 e. The smallest absolute Gasteiger partial charge is 0.321 e. The van der Waals surface area contributed by atoms with E-state index in [1.165, 1.54) is 19.3 Å². The maximum Gasteiger partial charge on any atom is 0.321 e. The van der Waals surface area contributed by atoms with Gasteiger partial charge in [-0.15, -0.1) is 0 Å². The Labute approximate surface area is 150 Å². The molecule has 0 aromatic heterocycles. The summed E-state index contributed by atoms with van der Waals surface area (Å²) in [6.07, 6.45) is 8.53. The molecule has 1 heterocycles. The van der Waals surface area contributed by atoms with Gasteiger partial charge in [0.1, 0.15) is 0 Å². The van der Waals surface area contributed by atoms with E-state index >= 15 is 0 Å². The Morgan fingerprint density at radius 2 is 2.04 bits per heavy atom. The van der Waals surface area contributed by atoms with Gasteiger partial charge in [0.25, 0.3) is 0 Å². The molecule has 1 saturated carbocycles. The van der Waals surface area contributed by atoms with E-state index < -0.39 is 0 Å². The van der Waals surface area contributed by atoms with Gasteiger partial charge in [-0.2, -0.15) is 0 Å². The molecule has 1 aromatic rings. The second-order valence-corrected chi connectivity index (χ2v) is 7.34. The van der Waals surface area contributed by atoms with Crippen molar-refractivity contribution in [2.75, 3.05) is 25.0 Å². The number of aliphatic hydroxyl groups excluding tert-OH is 1. The first-order chi connectivity index (χ1) is 12.2. The minimum atomic E-state index is -0.0801. The Kier molecular flexibility index (Phi) is 6.70. The van der Waals surface area contributed by atoms with Crippen molar-refractivity contribution in [2.24, 2.45) is 5.92 Å². The molecule has 1 aliphatic heterocycles. The molecule has 2 fully saturated rings. The molecule has 1 aliphatic carbocycles. The summed E-state index contributed by atoms with van der Waals surface area (Å²) in [6.45, 7) is 2.14. The zero-order valence-electron chi connectivity index (χ0n) is 15.0. The zero-order chi connectivity index (χ0) is 17.5. The standard InChI is InChI=1S/C20H30N2O3/c23-14-17-7-5-11-22(13-17)20(24)21-18-8-4-6-16(12-18)15-25-19-9-2-1-3-10-19/h4,6,8,12,17,19,23H,1-3,5,7,9-11,13-15H2,(H,21,24). The number of urea groups is 1. The Morgan fingerprint density at radius 1 is 1.20 bits per heavy atom. The lowest BCUT2D eigenvalue weighted by molar-refractivity contribution is 0.0169. The summed E-state index contributed by atoms with van der Waals surface area (Å²) in [5.41, 5.74) is 1.90. The molecule has 1 aromatic carbocycles. The number of hydrogen-bond donors (Lipinski definition) is 2. The predicted octanol–water partition coefficient (Wildman–Crippen LogP) is 3.77. The fourth-order valence-corrected chi connectivity index (χ4v) is 3.79. The topological polar surface area (TPSA) is 61.8 Å². The van der Waals surface area contributed by atoms with Crippen LogP contribution >= 0.6 is 0 Å². The van der Waals surface area contributed by atoms with Crippen molar-refractivity contribution in [1.29, 1.82) is 0 Å². The number of carbonyl (C=O) groups is 1. The fraction of sp³-hybridized carbons (Fsp3) is 0.650. The van der Waals surface area contributed by atoms with Gasteiger partial charge in [0, 0.05) is 25.4 Å². The van der Waals surface area contributed by atoms with E-state index in [1.54, 1.807) is 4.90 Å². The highest BCUT2D eigenvalue weighted by molar-refractivity contribution is 5.89. The lowest BCUT2D eigenvalue weighted by Gasteiger charge is -2.31. The molecule has 2 aliphatic rings. The summed E-state index contributed by atoms with van der Waals surface area (Å²) < 4.78 is 6.02. The van der Waals surface area contributed by atoms with Crippen molar-refractivity contribution in [3.63, 3.8) is 0 Å². The lowest BCUT2D eigenvalue weighted by Crippen LogP contribution is -2.43. The molecule has 5 nitrogen and oxygen atoms in total. The van der Waals surface area contributed by atoms with E-state index in [1.807, 2.05) is 24.3 Å². The normalized spacial score (nSPS) is 22.0. The van der Waals surface area contributed by atoms with Gasteiger partial charge in [-0.25, -0.2) is 4.79 Å².